The number of hydrogen-bond donors (Lipinski definition) is 1. The Morgan fingerprint density at radius 2 is 2.00 bits per heavy atom. The number of carbonyl (C=O) groups excluding carboxylic acids is 1. The maximum Gasteiger partial charge on any atom is 0.471 e. The molecule has 2 nitrogen and oxygen atoms in total. The van der Waals surface area contributed by atoms with Crippen LogP contribution < -0.4 is 5.32 Å². The second kappa shape index (κ2) is 4.40. The van der Waals surface area contributed by atoms with E-state index in [1.807, 2.05) is 0 Å². The first-order chi connectivity index (χ1) is 6.82. The Hall–Kier alpha value is -0.750. The Balaban J connectivity index is 2.91. The molecule has 0 saturated heterocycles. The molecule has 1 N–H and O–H groups in total. The van der Waals surface area contributed by atoms with Gasteiger partial charge in [0, 0.05) is 4.47 Å². The van der Waals surface area contributed by atoms with E-state index in [9.17, 15) is 18.0 Å². The first-order valence-electron chi connectivity index (χ1n) is 3.64. The quantitative estimate of drug-likeness (QED) is 0.843. The minimum Gasteiger partial charge on any atom is -0.317 e. The molecule has 7 heteroatoms. The Bertz CT molecular complexity index is 394. The molecule has 0 fully saturated rings. The molecular weight excluding hydrogens is 298 g/mol. The molecule has 0 atom stereocenters. The number of anilines is 1. The Morgan fingerprint density at radius 1 is 1.40 bits per heavy atom. The molecule has 0 aliphatic rings. The van der Waals surface area contributed by atoms with Crippen LogP contribution in [0.25, 0.3) is 0 Å². The number of nitrogens with one attached hydrogen (secondary N) is 1. The largest absolute Gasteiger partial charge is 0.471 e. The van der Waals surface area contributed by atoms with Gasteiger partial charge in [-0.15, -0.1) is 0 Å². The lowest BCUT2D eigenvalue weighted by Gasteiger charge is -2.09. The van der Waals surface area contributed by atoms with E-state index >= 15 is 0 Å². The van der Waals surface area contributed by atoms with Crippen molar-refractivity contribution >= 4 is 39.1 Å². The Labute approximate surface area is 96.5 Å². The van der Waals surface area contributed by atoms with Crippen LogP contribution in [-0.4, -0.2) is 12.1 Å². The number of alkyl halides is 3. The van der Waals surface area contributed by atoms with Crippen LogP contribution in [-0.2, 0) is 4.79 Å². The van der Waals surface area contributed by atoms with Crippen molar-refractivity contribution in [2.45, 2.75) is 6.18 Å². The van der Waals surface area contributed by atoms with Crippen LogP contribution >= 0.6 is 27.5 Å². The molecular formula is C8H4BrClF3NO. The van der Waals surface area contributed by atoms with Gasteiger partial charge in [-0.25, -0.2) is 0 Å². The normalized spacial score (nSPS) is 11.3. The molecule has 1 aromatic carbocycles. The summed E-state index contributed by atoms with van der Waals surface area (Å²) in [5, 5.41) is 1.69. The van der Waals surface area contributed by atoms with Gasteiger partial charge in [-0.3, -0.25) is 4.79 Å². The number of rotatable bonds is 1. The third kappa shape index (κ3) is 3.10. The fourth-order valence-corrected chi connectivity index (χ4v) is 1.33. The molecule has 82 valence electrons. The molecule has 0 heterocycles. The zero-order chi connectivity index (χ0) is 11.6. The average Bonchev–Trinajstić information content (AvgIpc) is 2.11. The number of amides is 1. The molecule has 1 amide bonds. The van der Waals surface area contributed by atoms with Crippen LogP contribution in [0, 0.1) is 0 Å². The zero-order valence-corrected chi connectivity index (χ0v) is 9.37. The van der Waals surface area contributed by atoms with Gasteiger partial charge in [-0.2, -0.15) is 13.2 Å². The van der Waals surface area contributed by atoms with E-state index in [4.69, 9.17) is 11.6 Å². The third-order valence-corrected chi connectivity index (χ3v) is 2.75. The topological polar surface area (TPSA) is 29.1 Å². The second-order valence-corrected chi connectivity index (χ2v) is 3.79. The van der Waals surface area contributed by atoms with Crippen molar-refractivity contribution in [3.05, 3.63) is 27.7 Å². The van der Waals surface area contributed by atoms with Crippen LogP contribution in [0.4, 0.5) is 18.9 Å². The first-order valence-corrected chi connectivity index (χ1v) is 4.81. The van der Waals surface area contributed by atoms with Crippen molar-refractivity contribution in [2.75, 3.05) is 5.32 Å². The van der Waals surface area contributed by atoms with Gasteiger partial charge >= 0.3 is 12.1 Å². The number of benzene rings is 1. The van der Waals surface area contributed by atoms with Crippen molar-refractivity contribution in [1.29, 1.82) is 0 Å². The summed E-state index contributed by atoms with van der Waals surface area (Å²) in [4.78, 5) is 10.6. The first kappa shape index (κ1) is 12.3. The van der Waals surface area contributed by atoms with Crippen LogP contribution in [0.3, 0.4) is 0 Å². The van der Waals surface area contributed by atoms with E-state index in [-0.39, 0.29) is 10.7 Å². The predicted octanol–water partition coefficient (Wildman–Crippen LogP) is 3.60. The van der Waals surface area contributed by atoms with Crippen LogP contribution in [0.1, 0.15) is 0 Å². The highest BCUT2D eigenvalue weighted by molar-refractivity contribution is 9.10. The van der Waals surface area contributed by atoms with Crippen molar-refractivity contribution in [3.63, 3.8) is 0 Å². The highest BCUT2D eigenvalue weighted by Crippen LogP contribution is 2.30. The van der Waals surface area contributed by atoms with Gasteiger partial charge in [0.05, 0.1) is 10.7 Å². The summed E-state index contributed by atoms with van der Waals surface area (Å²) in [6.45, 7) is 0. The molecule has 1 aromatic rings. The Kier molecular flexibility index (Phi) is 3.62. The Morgan fingerprint density at radius 3 is 2.53 bits per heavy atom. The minimum atomic E-state index is -4.92. The summed E-state index contributed by atoms with van der Waals surface area (Å²) < 4.78 is 36.1. The van der Waals surface area contributed by atoms with Crippen LogP contribution in [0.15, 0.2) is 22.7 Å². The fraction of sp³-hybridized carbons (Fsp3) is 0.125. The molecule has 0 saturated carbocycles. The van der Waals surface area contributed by atoms with E-state index < -0.39 is 12.1 Å². The van der Waals surface area contributed by atoms with Gasteiger partial charge in [0.15, 0.2) is 0 Å². The van der Waals surface area contributed by atoms with Crippen molar-refractivity contribution < 1.29 is 18.0 Å². The highest BCUT2D eigenvalue weighted by Gasteiger charge is 2.38. The lowest BCUT2D eigenvalue weighted by atomic mass is 10.3. The summed E-state index contributed by atoms with van der Waals surface area (Å²) in [5.74, 6) is -2.05. The molecule has 0 spiro atoms. The van der Waals surface area contributed by atoms with Gasteiger partial charge in [0.2, 0.25) is 0 Å². The monoisotopic (exact) mass is 301 g/mol. The summed E-state index contributed by atoms with van der Waals surface area (Å²) >= 11 is 8.68. The molecule has 0 unspecified atom stereocenters. The smallest absolute Gasteiger partial charge is 0.317 e. The number of hydrogen-bond acceptors (Lipinski definition) is 1. The zero-order valence-electron chi connectivity index (χ0n) is 7.03. The lowest BCUT2D eigenvalue weighted by molar-refractivity contribution is -0.167. The van der Waals surface area contributed by atoms with Gasteiger partial charge in [0.1, 0.15) is 0 Å². The molecule has 0 radical (unpaired) electrons. The van der Waals surface area contributed by atoms with Gasteiger partial charge in [-0.05, 0) is 28.1 Å². The maximum atomic E-state index is 11.9. The lowest BCUT2D eigenvalue weighted by Crippen LogP contribution is -2.30. The summed E-state index contributed by atoms with van der Waals surface area (Å²) in [6.07, 6.45) is -4.92. The predicted molar refractivity (Wildman–Crippen MR) is 53.8 cm³/mol. The standard InChI is InChI=1S/C8H4BrClF3NO/c9-4-2-1-3-5(6(4)10)14-7(15)8(11,12)13/h1-3H,(H,14,15). The van der Waals surface area contributed by atoms with E-state index in [1.54, 1.807) is 11.4 Å². The number of halogens is 5. The van der Waals surface area contributed by atoms with Crippen LogP contribution in [0.2, 0.25) is 5.02 Å². The highest BCUT2D eigenvalue weighted by atomic mass is 79.9. The molecule has 1 rings (SSSR count). The van der Waals surface area contributed by atoms with Crippen molar-refractivity contribution in [2.24, 2.45) is 0 Å². The van der Waals surface area contributed by atoms with Gasteiger partial charge in [-0.1, -0.05) is 17.7 Å². The summed E-state index contributed by atoms with van der Waals surface area (Å²) in [7, 11) is 0. The van der Waals surface area contributed by atoms with Gasteiger partial charge in [0.25, 0.3) is 0 Å². The molecule has 15 heavy (non-hydrogen) atoms. The van der Waals surface area contributed by atoms with Crippen molar-refractivity contribution in [3.8, 4) is 0 Å². The van der Waals surface area contributed by atoms with E-state index in [0.717, 1.165) is 0 Å². The fourth-order valence-electron chi connectivity index (χ4n) is 0.794. The van der Waals surface area contributed by atoms with E-state index in [1.165, 1.54) is 12.1 Å². The minimum absolute atomic E-state index is 0.0232. The van der Waals surface area contributed by atoms with E-state index in [0.29, 0.717) is 4.47 Å². The second-order valence-electron chi connectivity index (χ2n) is 2.55. The maximum absolute atomic E-state index is 11.9. The molecule has 0 aliphatic heterocycles. The van der Waals surface area contributed by atoms with Crippen LogP contribution in [0.5, 0.6) is 0 Å². The summed E-state index contributed by atoms with van der Waals surface area (Å²) in [5.41, 5.74) is -0.0895. The third-order valence-electron chi connectivity index (χ3n) is 1.46. The molecule has 0 bridgehead atoms. The summed E-state index contributed by atoms with van der Waals surface area (Å²) in [6, 6.07) is 4.28. The molecule has 0 aromatic heterocycles. The molecule has 0 aliphatic carbocycles. The SMILES string of the molecule is O=C(Nc1cccc(Br)c1Cl)C(F)(F)F. The number of carbonyl (C=O) groups is 1. The van der Waals surface area contributed by atoms with E-state index in [2.05, 4.69) is 15.9 Å². The van der Waals surface area contributed by atoms with Gasteiger partial charge < -0.3 is 5.32 Å². The average molecular weight is 302 g/mol. The van der Waals surface area contributed by atoms with Crippen molar-refractivity contribution in [1.82, 2.24) is 0 Å².